The monoisotopic (exact) mass is 404 g/mol. The number of alkyl halides is 3. The Morgan fingerprint density at radius 2 is 2.00 bits per heavy atom. The van der Waals surface area contributed by atoms with Gasteiger partial charge in [-0.1, -0.05) is 0 Å². The Kier molecular flexibility index (Phi) is 6.41. The molecule has 1 atom stereocenters. The molecule has 0 unspecified atom stereocenters. The van der Waals surface area contributed by atoms with Gasteiger partial charge in [-0.05, 0) is 45.7 Å². The van der Waals surface area contributed by atoms with Gasteiger partial charge >= 0.3 is 18.0 Å². The number of rotatable bonds is 4. The average Bonchev–Trinajstić information content (AvgIpc) is 2.57. The molecular weight excluding hydrogens is 381 g/mol. The Labute approximate surface area is 160 Å². The largest absolute Gasteiger partial charge is 0.486 e. The first kappa shape index (κ1) is 21.8. The average molecular weight is 404 g/mol. The van der Waals surface area contributed by atoms with Crippen molar-refractivity contribution >= 4 is 11.8 Å². The van der Waals surface area contributed by atoms with Crippen LogP contribution < -0.4 is 4.74 Å². The normalized spacial score (nSPS) is 17.9. The molecule has 1 fully saturated rings. The van der Waals surface area contributed by atoms with Crippen molar-refractivity contribution in [3.63, 3.8) is 0 Å². The van der Waals surface area contributed by atoms with Crippen molar-refractivity contribution in [2.75, 3.05) is 19.7 Å². The lowest BCUT2D eigenvalue weighted by atomic mass is 9.99. The quantitative estimate of drug-likeness (QED) is 0.539. The van der Waals surface area contributed by atoms with Crippen LogP contribution in [-0.4, -0.2) is 41.2 Å². The van der Waals surface area contributed by atoms with Crippen LogP contribution in [0.15, 0.2) is 18.2 Å². The number of hydrogen-bond donors (Lipinski definition) is 0. The zero-order valence-corrected chi connectivity index (χ0v) is 15.9. The van der Waals surface area contributed by atoms with Gasteiger partial charge < -0.3 is 14.4 Å². The summed E-state index contributed by atoms with van der Waals surface area (Å²) in [6.45, 7) is 6.22. The van der Waals surface area contributed by atoms with E-state index in [0.29, 0.717) is 25.6 Å². The summed E-state index contributed by atoms with van der Waals surface area (Å²) in [5.74, 6) is -0.337. The number of nitro benzene ring substituents is 1. The number of benzene rings is 1. The number of nitrogens with zero attached hydrogens (tertiary/aromatic N) is 2. The zero-order chi connectivity index (χ0) is 21.1. The second kappa shape index (κ2) is 8.24. The van der Waals surface area contributed by atoms with Gasteiger partial charge in [0.25, 0.3) is 0 Å². The molecule has 2 rings (SSSR count). The van der Waals surface area contributed by atoms with E-state index >= 15 is 0 Å². The number of nitro groups is 1. The number of carbonyl (C=O) groups excluding carboxylic acids is 1. The Hall–Kier alpha value is -2.52. The zero-order valence-electron chi connectivity index (χ0n) is 15.9. The summed E-state index contributed by atoms with van der Waals surface area (Å²) in [7, 11) is 0. The highest BCUT2D eigenvalue weighted by Crippen LogP contribution is 2.36. The lowest BCUT2D eigenvalue weighted by Gasteiger charge is -2.34. The van der Waals surface area contributed by atoms with E-state index in [1.54, 1.807) is 25.7 Å². The van der Waals surface area contributed by atoms with Gasteiger partial charge in [-0.15, -0.1) is 0 Å². The number of amides is 1. The van der Waals surface area contributed by atoms with Gasteiger partial charge in [0.2, 0.25) is 0 Å². The smallest absolute Gasteiger partial charge is 0.416 e. The predicted octanol–water partition coefficient (Wildman–Crippen LogP) is 4.64. The lowest BCUT2D eigenvalue weighted by molar-refractivity contribution is -0.386. The maximum absolute atomic E-state index is 12.8. The van der Waals surface area contributed by atoms with E-state index in [1.807, 2.05) is 0 Å². The number of hydrogen-bond acceptors (Lipinski definition) is 5. The fraction of sp³-hybridized carbons (Fsp3) is 0.611. The van der Waals surface area contributed by atoms with Crippen molar-refractivity contribution < 1.29 is 32.4 Å². The van der Waals surface area contributed by atoms with Crippen LogP contribution >= 0.6 is 0 Å². The maximum atomic E-state index is 12.8. The minimum atomic E-state index is -4.68. The van der Waals surface area contributed by atoms with Crippen LogP contribution in [0.4, 0.5) is 23.7 Å². The van der Waals surface area contributed by atoms with Crippen molar-refractivity contribution in [3.8, 4) is 5.75 Å². The first-order chi connectivity index (χ1) is 12.9. The van der Waals surface area contributed by atoms with Gasteiger partial charge in [0.05, 0.1) is 17.1 Å². The molecule has 28 heavy (non-hydrogen) atoms. The highest BCUT2D eigenvalue weighted by atomic mass is 19.4. The summed E-state index contributed by atoms with van der Waals surface area (Å²) in [6.07, 6.45) is -3.69. The molecule has 0 aliphatic carbocycles. The number of piperidine rings is 1. The van der Waals surface area contributed by atoms with Crippen molar-refractivity contribution in [1.82, 2.24) is 4.90 Å². The lowest BCUT2D eigenvalue weighted by Crippen LogP contribution is -2.44. The van der Waals surface area contributed by atoms with Crippen molar-refractivity contribution in [3.05, 3.63) is 33.9 Å². The van der Waals surface area contributed by atoms with E-state index in [2.05, 4.69) is 0 Å². The van der Waals surface area contributed by atoms with E-state index < -0.39 is 34.0 Å². The van der Waals surface area contributed by atoms with Gasteiger partial charge in [-0.3, -0.25) is 10.1 Å². The van der Waals surface area contributed by atoms with Crippen LogP contribution in [-0.2, 0) is 10.9 Å². The Balaban J connectivity index is 2.03. The van der Waals surface area contributed by atoms with Crippen molar-refractivity contribution in [2.24, 2.45) is 5.92 Å². The highest BCUT2D eigenvalue weighted by molar-refractivity contribution is 5.68. The van der Waals surface area contributed by atoms with E-state index in [-0.39, 0.29) is 18.3 Å². The molecule has 7 nitrogen and oxygen atoms in total. The summed E-state index contributed by atoms with van der Waals surface area (Å²) in [4.78, 5) is 23.9. The molecule has 156 valence electrons. The van der Waals surface area contributed by atoms with Gasteiger partial charge in [-0.25, -0.2) is 4.79 Å². The SMILES string of the molecule is CC(C)(C)OC(=O)N1CCC[C@H](COc2ccc(C(F)(F)F)cc2[N+](=O)[O-])C1. The van der Waals surface area contributed by atoms with Crippen molar-refractivity contribution in [2.45, 2.75) is 45.4 Å². The minimum Gasteiger partial charge on any atom is -0.486 e. The molecule has 1 saturated heterocycles. The molecule has 0 spiro atoms. The van der Waals surface area contributed by atoms with Gasteiger partial charge in [0, 0.05) is 25.1 Å². The van der Waals surface area contributed by atoms with Crippen LogP contribution in [0.3, 0.4) is 0 Å². The summed E-state index contributed by atoms with van der Waals surface area (Å²) in [5.41, 5.74) is -2.48. The van der Waals surface area contributed by atoms with Crippen LogP contribution in [0.1, 0.15) is 39.2 Å². The Bertz CT molecular complexity index is 731. The molecule has 0 N–H and O–H groups in total. The second-order valence-corrected chi connectivity index (χ2v) is 7.68. The molecule has 0 saturated carbocycles. The van der Waals surface area contributed by atoms with E-state index in [0.717, 1.165) is 18.6 Å². The summed E-state index contributed by atoms with van der Waals surface area (Å²) in [6, 6.07) is 2.16. The third kappa shape index (κ3) is 6.00. The van der Waals surface area contributed by atoms with Crippen LogP contribution in [0.5, 0.6) is 5.75 Å². The minimum absolute atomic E-state index is 0.0471. The fourth-order valence-corrected chi connectivity index (χ4v) is 2.86. The van der Waals surface area contributed by atoms with Gasteiger partial charge in [-0.2, -0.15) is 13.2 Å². The molecule has 1 amide bonds. The Morgan fingerprint density at radius 3 is 2.57 bits per heavy atom. The maximum Gasteiger partial charge on any atom is 0.416 e. The number of ether oxygens (including phenoxy) is 2. The fourth-order valence-electron chi connectivity index (χ4n) is 2.86. The topological polar surface area (TPSA) is 81.9 Å². The third-order valence-electron chi connectivity index (χ3n) is 4.13. The van der Waals surface area contributed by atoms with Gasteiger partial charge in [0.1, 0.15) is 5.60 Å². The van der Waals surface area contributed by atoms with Crippen LogP contribution in [0.2, 0.25) is 0 Å². The summed E-state index contributed by atoms with van der Waals surface area (Å²) < 4.78 is 49.1. The molecule has 1 aliphatic rings. The molecule has 1 heterocycles. The van der Waals surface area contributed by atoms with E-state index in [1.165, 1.54) is 0 Å². The summed E-state index contributed by atoms with van der Waals surface area (Å²) >= 11 is 0. The molecule has 0 aromatic heterocycles. The molecule has 1 aromatic carbocycles. The second-order valence-electron chi connectivity index (χ2n) is 7.68. The first-order valence-corrected chi connectivity index (χ1v) is 8.83. The Morgan fingerprint density at radius 1 is 1.32 bits per heavy atom. The van der Waals surface area contributed by atoms with E-state index in [4.69, 9.17) is 9.47 Å². The van der Waals surface area contributed by atoms with Gasteiger partial charge in [0.15, 0.2) is 5.75 Å². The molecule has 10 heteroatoms. The standard InChI is InChI=1S/C18H23F3N2O5/c1-17(2,3)28-16(24)22-8-4-5-12(10-22)11-27-15-7-6-13(18(19,20)21)9-14(15)23(25)26/h6-7,9,12H,4-5,8,10-11H2,1-3H3/t12-/m0/s1. The van der Waals surface area contributed by atoms with Crippen LogP contribution in [0, 0.1) is 16.0 Å². The first-order valence-electron chi connectivity index (χ1n) is 8.83. The highest BCUT2D eigenvalue weighted by Gasteiger charge is 2.34. The van der Waals surface area contributed by atoms with Crippen molar-refractivity contribution in [1.29, 1.82) is 0 Å². The molecule has 0 radical (unpaired) electrons. The molecule has 0 bridgehead atoms. The molecular formula is C18H23F3N2O5. The van der Waals surface area contributed by atoms with Crippen LogP contribution in [0.25, 0.3) is 0 Å². The number of likely N-dealkylation sites (tertiary alicyclic amines) is 1. The third-order valence-corrected chi connectivity index (χ3v) is 4.13. The molecule has 1 aliphatic heterocycles. The predicted molar refractivity (Wildman–Crippen MR) is 94.1 cm³/mol. The molecule has 1 aromatic rings. The number of carbonyl (C=O) groups is 1. The number of halogens is 3. The van der Waals surface area contributed by atoms with E-state index in [9.17, 15) is 28.1 Å². The summed E-state index contributed by atoms with van der Waals surface area (Å²) in [5, 5.41) is 11.1.